The van der Waals surface area contributed by atoms with Gasteiger partial charge < -0.3 is 15.1 Å². The fourth-order valence-corrected chi connectivity index (χ4v) is 3.99. The van der Waals surface area contributed by atoms with Crippen molar-refractivity contribution in [2.45, 2.75) is 38.9 Å². The molecule has 27 heavy (non-hydrogen) atoms. The number of fused-ring (bicyclic) bond motifs is 1. The minimum absolute atomic E-state index is 0.0546. The zero-order valence-electron chi connectivity index (χ0n) is 15.8. The summed E-state index contributed by atoms with van der Waals surface area (Å²) in [6.07, 6.45) is 1.98. The van der Waals surface area contributed by atoms with Crippen LogP contribution in [0.4, 0.5) is 5.69 Å². The molecule has 0 aliphatic carbocycles. The van der Waals surface area contributed by atoms with E-state index in [4.69, 9.17) is 0 Å². The smallest absolute Gasteiger partial charge is 0.256 e. The van der Waals surface area contributed by atoms with Crippen molar-refractivity contribution >= 4 is 17.5 Å². The van der Waals surface area contributed by atoms with E-state index in [1.165, 1.54) is 0 Å². The van der Waals surface area contributed by atoms with Gasteiger partial charge in [-0.25, -0.2) is 0 Å². The van der Waals surface area contributed by atoms with Gasteiger partial charge in [-0.1, -0.05) is 18.2 Å². The Morgan fingerprint density at radius 1 is 1.04 bits per heavy atom. The van der Waals surface area contributed by atoms with Crippen LogP contribution in [0, 0.1) is 0 Å². The normalized spacial score (nSPS) is 18.9. The number of carbonyl (C=O) groups is 2. The number of benzene rings is 2. The number of hydrogen-bond acceptors (Lipinski definition) is 3. The molecule has 0 radical (unpaired) electrons. The van der Waals surface area contributed by atoms with Gasteiger partial charge in [-0.3, -0.25) is 9.59 Å². The number of nitrogens with zero attached hydrogens (tertiary/aromatic N) is 2. The molecule has 140 valence electrons. The molecule has 2 aromatic rings. The average Bonchev–Trinajstić information content (AvgIpc) is 3.30. The zero-order valence-corrected chi connectivity index (χ0v) is 15.8. The van der Waals surface area contributed by atoms with Crippen molar-refractivity contribution in [1.82, 2.24) is 9.80 Å². The zero-order chi connectivity index (χ0) is 19.0. The molecule has 0 unspecified atom stereocenters. The molecular formula is C22H25N3O2. The molecule has 0 bridgehead atoms. The maximum atomic E-state index is 12.8. The Balaban J connectivity index is 1.56. The van der Waals surface area contributed by atoms with Crippen LogP contribution in [0.5, 0.6) is 0 Å². The molecule has 1 saturated heterocycles. The molecule has 2 amide bonds. The van der Waals surface area contributed by atoms with Crippen molar-refractivity contribution in [2.75, 3.05) is 18.4 Å². The summed E-state index contributed by atoms with van der Waals surface area (Å²) in [6, 6.07) is 15.4. The number of rotatable bonds is 4. The summed E-state index contributed by atoms with van der Waals surface area (Å²) in [6.45, 7) is 5.75. The Hall–Kier alpha value is -2.82. The number of likely N-dealkylation sites (tertiary alicyclic amines) is 1. The Kier molecular flexibility index (Phi) is 4.60. The topological polar surface area (TPSA) is 52.7 Å². The highest BCUT2D eigenvalue weighted by Gasteiger charge is 2.37. The van der Waals surface area contributed by atoms with Crippen molar-refractivity contribution in [3.8, 4) is 0 Å². The minimum Gasteiger partial charge on any atom is -0.361 e. The number of carbonyl (C=O) groups excluding carboxylic acids is 2. The molecule has 0 saturated carbocycles. The van der Waals surface area contributed by atoms with E-state index >= 15 is 0 Å². The van der Waals surface area contributed by atoms with E-state index in [0.717, 1.165) is 42.7 Å². The second-order valence-electron chi connectivity index (χ2n) is 7.52. The van der Waals surface area contributed by atoms with Crippen molar-refractivity contribution in [1.29, 1.82) is 0 Å². The third-order valence-corrected chi connectivity index (χ3v) is 5.38. The van der Waals surface area contributed by atoms with Crippen molar-refractivity contribution in [3.05, 3.63) is 65.2 Å². The number of amides is 2. The molecule has 5 nitrogen and oxygen atoms in total. The van der Waals surface area contributed by atoms with E-state index in [-0.39, 0.29) is 24.0 Å². The summed E-state index contributed by atoms with van der Waals surface area (Å²) in [5.74, 6) is 0.156. The highest BCUT2D eigenvalue weighted by molar-refractivity contribution is 5.99. The molecule has 1 atom stereocenters. The molecule has 1 N–H and O–H groups in total. The molecule has 4 rings (SSSR count). The van der Waals surface area contributed by atoms with Gasteiger partial charge in [0.25, 0.3) is 11.8 Å². The SMILES string of the molecule is CC(C)N1C(=O)c2ccccc2[C@@H]1Nc1ccc(C(=O)N2CCCC2)cc1. The molecular weight excluding hydrogens is 338 g/mol. The summed E-state index contributed by atoms with van der Waals surface area (Å²) in [7, 11) is 0. The Morgan fingerprint density at radius 2 is 1.70 bits per heavy atom. The monoisotopic (exact) mass is 363 g/mol. The van der Waals surface area contributed by atoms with Crippen LogP contribution in [0.3, 0.4) is 0 Å². The van der Waals surface area contributed by atoms with Crippen LogP contribution < -0.4 is 5.32 Å². The van der Waals surface area contributed by atoms with Crippen molar-refractivity contribution < 1.29 is 9.59 Å². The van der Waals surface area contributed by atoms with Crippen LogP contribution >= 0.6 is 0 Å². The van der Waals surface area contributed by atoms with Crippen molar-refractivity contribution in [3.63, 3.8) is 0 Å². The summed E-state index contributed by atoms with van der Waals surface area (Å²) >= 11 is 0. The van der Waals surface area contributed by atoms with Crippen LogP contribution in [0.2, 0.25) is 0 Å². The Bertz CT molecular complexity index is 854. The van der Waals surface area contributed by atoms with Gasteiger partial charge in [0, 0.05) is 41.5 Å². The lowest BCUT2D eigenvalue weighted by Gasteiger charge is -2.30. The van der Waals surface area contributed by atoms with E-state index in [2.05, 4.69) is 5.32 Å². The molecule has 0 spiro atoms. The van der Waals surface area contributed by atoms with Gasteiger partial charge in [-0.15, -0.1) is 0 Å². The molecule has 2 heterocycles. The van der Waals surface area contributed by atoms with Gasteiger partial charge in [0.2, 0.25) is 0 Å². The summed E-state index contributed by atoms with van der Waals surface area (Å²) in [5.41, 5.74) is 3.36. The lowest BCUT2D eigenvalue weighted by Crippen LogP contribution is -2.37. The quantitative estimate of drug-likeness (QED) is 0.896. The maximum absolute atomic E-state index is 12.8. The fourth-order valence-electron chi connectivity index (χ4n) is 3.99. The highest BCUT2D eigenvalue weighted by Crippen LogP contribution is 2.35. The lowest BCUT2D eigenvalue weighted by molar-refractivity contribution is 0.0684. The van der Waals surface area contributed by atoms with Gasteiger partial charge in [-0.2, -0.15) is 0 Å². The van der Waals surface area contributed by atoms with Gasteiger partial charge in [0.1, 0.15) is 6.17 Å². The van der Waals surface area contributed by atoms with E-state index in [9.17, 15) is 9.59 Å². The number of nitrogens with one attached hydrogen (secondary N) is 1. The van der Waals surface area contributed by atoms with Gasteiger partial charge in [-0.05, 0) is 57.0 Å². The number of anilines is 1. The second kappa shape index (κ2) is 7.06. The Labute approximate surface area is 160 Å². The highest BCUT2D eigenvalue weighted by atomic mass is 16.2. The lowest BCUT2D eigenvalue weighted by atomic mass is 10.1. The number of hydrogen-bond donors (Lipinski definition) is 1. The fraction of sp³-hybridized carbons (Fsp3) is 0.364. The molecule has 2 aromatic carbocycles. The van der Waals surface area contributed by atoms with E-state index < -0.39 is 0 Å². The summed E-state index contributed by atoms with van der Waals surface area (Å²) < 4.78 is 0. The first-order chi connectivity index (χ1) is 13.1. The Morgan fingerprint density at radius 3 is 2.37 bits per heavy atom. The van der Waals surface area contributed by atoms with Crippen LogP contribution in [-0.2, 0) is 0 Å². The molecule has 2 aliphatic heterocycles. The minimum atomic E-state index is -0.200. The first-order valence-electron chi connectivity index (χ1n) is 9.64. The molecule has 2 aliphatic rings. The van der Waals surface area contributed by atoms with Gasteiger partial charge >= 0.3 is 0 Å². The van der Waals surface area contributed by atoms with Crippen LogP contribution in [0.1, 0.15) is 59.1 Å². The van der Waals surface area contributed by atoms with Gasteiger partial charge in [0.15, 0.2) is 0 Å². The van der Waals surface area contributed by atoms with E-state index in [0.29, 0.717) is 5.56 Å². The average molecular weight is 363 g/mol. The largest absolute Gasteiger partial charge is 0.361 e. The standard InChI is InChI=1S/C22H25N3O2/c1-15(2)25-20(18-7-3-4-8-19(18)22(25)27)23-17-11-9-16(10-12-17)21(26)24-13-5-6-14-24/h3-4,7-12,15,20,23H,5-6,13-14H2,1-2H3/t20-/m1/s1. The van der Waals surface area contributed by atoms with Crippen molar-refractivity contribution in [2.24, 2.45) is 0 Å². The maximum Gasteiger partial charge on any atom is 0.256 e. The van der Waals surface area contributed by atoms with Crippen LogP contribution in [0.15, 0.2) is 48.5 Å². The second-order valence-corrected chi connectivity index (χ2v) is 7.52. The predicted molar refractivity (Wildman–Crippen MR) is 106 cm³/mol. The molecule has 0 aromatic heterocycles. The van der Waals surface area contributed by atoms with Crippen LogP contribution in [-0.4, -0.2) is 40.7 Å². The first kappa shape index (κ1) is 17.6. The molecule has 5 heteroatoms. The summed E-state index contributed by atoms with van der Waals surface area (Å²) in [5, 5.41) is 3.47. The predicted octanol–water partition coefficient (Wildman–Crippen LogP) is 3.90. The van der Waals surface area contributed by atoms with Crippen LogP contribution in [0.25, 0.3) is 0 Å². The van der Waals surface area contributed by atoms with E-state index in [1.807, 2.05) is 72.2 Å². The first-order valence-corrected chi connectivity index (χ1v) is 9.64. The third-order valence-electron chi connectivity index (χ3n) is 5.38. The molecule has 1 fully saturated rings. The van der Waals surface area contributed by atoms with Gasteiger partial charge in [0.05, 0.1) is 0 Å². The van der Waals surface area contributed by atoms with E-state index in [1.54, 1.807) is 0 Å². The summed E-state index contributed by atoms with van der Waals surface area (Å²) in [4.78, 5) is 29.0. The third kappa shape index (κ3) is 3.18.